The van der Waals surface area contributed by atoms with Crippen LogP contribution in [0.5, 0.6) is 0 Å². The van der Waals surface area contributed by atoms with Crippen molar-refractivity contribution in [3.05, 3.63) is 23.3 Å². The smallest absolute Gasteiger partial charge is 0.310 e. The van der Waals surface area contributed by atoms with E-state index in [9.17, 15) is 4.79 Å². The number of hydrogen-bond donors (Lipinski definition) is 0. The molecule has 1 aromatic rings. The molecule has 3 rings (SSSR count). The van der Waals surface area contributed by atoms with Crippen molar-refractivity contribution >= 4 is 5.97 Å². The summed E-state index contributed by atoms with van der Waals surface area (Å²) in [5.74, 6) is 1.29. The van der Waals surface area contributed by atoms with Gasteiger partial charge in [-0.25, -0.2) is 9.97 Å². The van der Waals surface area contributed by atoms with Crippen LogP contribution in [0.25, 0.3) is 0 Å². The van der Waals surface area contributed by atoms with Gasteiger partial charge in [0.25, 0.3) is 0 Å². The number of ether oxygens (including phenoxy) is 1. The van der Waals surface area contributed by atoms with Crippen LogP contribution in [0.15, 0.2) is 6.33 Å². The molecule has 4 heteroatoms. The van der Waals surface area contributed by atoms with Gasteiger partial charge in [0.1, 0.15) is 12.4 Å². The van der Waals surface area contributed by atoms with Gasteiger partial charge >= 0.3 is 5.97 Å². The molecule has 0 saturated heterocycles. The third-order valence-corrected chi connectivity index (χ3v) is 4.65. The van der Waals surface area contributed by atoms with Crippen molar-refractivity contribution in [2.45, 2.75) is 52.1 Å². The van der Waals surface area contributed by atoms with Gasteiger partial charge in [-0.15, -0.1) is 0 Å². The van der Waals surface area contributed by atoms with Crippen LogP contribution in [0.1, 0.15) is 42.6 Å². The SMILES string of the molecule is Cc1ncnc(C)c1CC(=O)OC1CC2CCC1C2. The maximum Gasteiger partial charge on any atom is 0.310 e. The minimum atomic E-state index is -0.126. The second-order valence-electron chi connectivity index (χ2n) is 5.90. The second-order valence-corrected chi connectivity index (χ2v) is 5.90. The van der Waals surface area contributed by atoms with E-state index in [0.29, 0.717) is 12.3 Å². The fourth-order valence-corrected chi connectivity index (χ4v) is 3.56. The van der Waals surface area contributed by atoms with E-state index in [0.717, 1.165) is 29.3 Å². The minimum Gasteiger partial charge on any atom is -0.462 e. The van der Waals surface area contributed by atoms with Gasteiger partial charge in [0, 0.05) is 17.0 Å². The highest BCUT2D eigenvalue weighted by Crippen LogP contribution is 2.45. The number of aromatic nitrogens is 2. The zero-order valence-electron chi connectivity index (χ0n) is 11.6. The summed E-state index contributed by atoms with van der Waals surface area (Å²) in [5, 5.41) is 0. The number of hydrogen-bond acceptors (Lipinski definition) is 4. The van der Waals surface area contributed by atoms with E-state index in [1.165, 1.54) is 25.6 Å². The van der Waals surface area contributed by atoms with Gasteiger partial charge in [-0.05, 0) is 51.4 Å². The van der Waals surface area contributed by atoms with Crippen molar-refractivity contribution in [3.8, 4) is 0 Å². The predicted molar refractivity (Wildman–Crippen MR) is 70.5 cm³/mol. The molecule has 0 spiro atoms. The van der Waals surface area contributed by atoms with E-state index in [1.54, 1.807) is 0 Å². The molecular weight excluding hydrogens is 240 g/mol. The molecule has 19 heavy (non-hydrogen) atoms. The fraction of sp³-hybridized carbons (Fsp3) is 0.667. The molecule has 2 saturated carbocycles. The Morgan fingerprint density at radius 1 is 1.26 bits per heavy atom. The average molecular weight is 260 g/mol. The van der Waals surface area contributed by atoms with Gasteiger partial charge < -0.3 is 4.74 Å². The highest BCUT2D eigenvalue weighted by molar-refractivity contribution is 5.73. The van der Waals surface area contributed by atoms with E-state index < -0.39 is 0 Å². The molecule has 1 aromatic heterocycles. The van der Waals surface area contributed by atoms with Crippen molar-refractivity contribution in [3.63, 3.8) is 0 Å². The largest absolute Gasteiger partial charge is 0.462 e. The molecule has 4 nitrogen and oxygen atoms in total. The van der Waals surface area contributed by atoms with Crippen LogP contribution >= 0.6 is 0 Å². The van der Waals surface area contributed by atoms with Crippen LogP contribution in [0.4, 0.5) is 0 Å². The van der Waals surface area contributed by atoms with Gasteiger partial charge in [0.05, 0.1) is 6.42 Å². The molecule has 2 aliphatic carbocycles. The van der Waals surface area contributed by atoms with Gasteiger partial charge in [-0.1, -0.05) is 0 Å². The highest BCUT2D eigenvalue weighted by atomic mass is 16.5. The Hall–Kier alpha value is -1.45. The third kappa shape index (κ3) is 2.48. The molecule has 0 amide bonds. The summed E-state index contributed by atoms with van der Waals surface area (Å²) in [6, 6.07) is 0. The normalized spacial score (nSPS) is 28.6. The summed E-state index contributed by atoms with van der Waals surface area (Å²) in [6.07, 6.45) is 6.88. The van der Waals surface area contributed by atoms with Gasteiger partial charge in [0.2, 0.25) is 0 Å². The lowest BCUT2D eigenvalue weighted by atomic mass is 9.97. The number of aryl methyl sites for hydroxylation is 2. The Kier molecular flexibility index (Phi) is 3.25. The molecule has 3 atom stereocenters. The molecule has 0 aliphatic heterocycles. The molecule has 0 radical (unpaired) electrons. The summed E-state index contributed by atoms with van der Waals surface area (Å²) in [7, 11) is 0. The van der Waals surface area contributed by atoms with E-state index >= 15 is 0 Å². The monoisotopic (exact) mass is 260 g/mol. The molecule has 1 heterocycles. The van der Waals surface area contributed by atoms with Crippen molar-refractivity contribution in [2.75, 3.05) is 0 Å². The summed E-state index contributed by atoms with van der Waals surface area (Å²) < 4.78 is 5.66. The minimum absolute atomic E-state index is 0.126. The van der Waals surface area contributed by atoms with Crippen LogP contribution in [-0.2, 0) is 16.0 Å². The number of fused-ring (bicyclic) bond motifs is 2. The zero-order chi connectivity index (χ0) is 13.4. The number of carbonyl (C=O) groups excluding carboxylic acids is 1. The summed E-state index contributed by atoms with van der Waals surface area (Å²) in [5.41, 5.74) is 2.66. The second kappa shape index (κ2) is 4.91. The number of nitrogens with zero attached hydrogens (tertiary/aromatic N) is 2. The van der Waals surface area contributed by atoms with E-state index in [1.807, 2.05) is 13.8 Å². The summed E-state index contributed by atoms with van der Waals surface area (Å²) in [6.45, 7) is 3.82. The number of rotatable bonds is 3. The first-order valence-corrected chi connectivity index (χ1v) is 7.10. The van der Waals surface area contributed by atoms with Gasteiger partial charge in [-0.2, -0.15) is 0 Å². The highest BCUT2D eigenvalue weighted by Gasteiger charge is 2.41. The van der Waals surface area contributed by atoms with Crippen LogP contribution in [0, 0.1) is 25.7 Å². The van der Waals surface area contributed by atoms with Gasteiger partial charge in [0.15, 0.2) is 0 Å². The quantitative estimate of drug-likeness (QED) is 0.783. The summed E-state index contributed by atoms with van der Waals surface area (Å²) in [4.78, 5) is 20.4. The van der Waals surface area contributed by atoms with E-state index in [-0.39, 0.29) is 12.1 Å². The third-order valence-electron chi connectivity index (χ3n) is 4.65. The first-order chi connectivity index (χ1) is 9.13. The Bertz CT molecular complexity index is 481. The fourth-order valence-electron chi connectivity index (χ4n) is 3.56. The van der Waals surface area contributed by atoms with Crippen molar-refractivity contribution in [2.24, 2.45) is 11.8 Å². The Labute approximate surface area is 113 Å². The van der Waals surface area contributed by atoms with Crippen molar-refractivity contribution in [1.82, 2.24) is 9.97 Å². The maximum atomic E-state index is 12.1. The molecule has 0 aromatic carbocycles. The molecular formula is C15H20N2O2. The van der Waals surface area contributed by atoms with E-state index in [2.05, 4.69) is 9.97 Å². The summed E-state index contributed by atoms with van der Waals surface area (Å²) >= 11 is 0. The van der Waals surface area contributed by atoms with Crippen LogP contribution in [0.2, 0.25) is 0 Å². The molecule has 2 bridgehead atoms. The molecule has 0 N–H and O–H groups in total. The number of carbonyl (C=O) groups is 1. The van der Waals surface area contributed by atoms with Crippen molar-refractivity contribution < 1.29 is 9.53 Å². The van der Waals surface area contributed by atoms with Crippen LogP contribution in [0.3, 0.4) is 0 Å². The standard InChI is InChI=1S/C15H20N2O2/c1-9-13(10(2)17-8-16-9)7-15(18)19-14-6-11-3-4-12(14)5-11/h8,11-12,14H,3-7H2,1-2H3. The van der Waals surface area contributed by atoms with Crippen LogP contribution < -0.4 is 0 Å². The lowest BCUT2D eigenvalue weighted by molar-refractivity contribution is -0.150. The molecule has 2 aliphatic rings. The molecule has 3 unspecified atom stereocenters. The molecule has 2 fully saturated rings. The Morgan fingerprint density at radius 2 is 2.00 bits per heavy atom. The predicted octanol–water partition coefficient (Wildman–Crippen LogP) is 2.37. The zero-order valence-corrected chi connectivity index (χ0v) is 11.6. The number of esters is 1. The van der Waals surface area contributed by atoms with Crippen molar-refractivity contribution in [1.29, 1.82) is 0 Å². The first kappa shape index (κ1) is 12.6. The Morgan fingerprint density at radius 3 is 2.58 bits per heavy atom. The lowest BCUT2D eigenvalue weighted by Gasteiger charge is -2.22. The topological polar surface area (TPSA) is 52.1 Å². The first-order valence-electron chi connectivity index (χ1n) is 7.10. The molecule has 102 valence electrons. The maximum absolute atomic E-state index is 12.1. The lowest BCUT2D eigenvalue weighted by Crippen LogP contribution is -2.25. The van der Waals surface area contributed by atoms with E-state index in [4.69, 9.17) is 4.74 Å². The Balaban J connectivity index is 1.62. The van der Waals surface area contributed by atoms with Gasteiger partial charge in [-0.3, -0.25) is 4.79 Å². The van der Waals surface area contributed by atoms with Crippen LogP contribution in [-0.4, -0.2) is 22.0 Å². The average Bonchev–Trinajstić information content (AvgIpc) is 2.96.